The number of nitrogens with zero attached hydrogens (tertiary/aromatic N) is 1. The topological polar surface area (TPSA) is 24.5 Å². The van der Waals surface area contributed by atoms with Crippen molar-refractivity contribution in [2.75, 3.05) is 33.4 Å². The van der Waals surface area contributed by atoms with E-state index in [0.717, 1.165) is 32.7 Å². The Kier molecular flexibility index (Phi) is 9.99. The van der Waals surface area contributed by atoms with Crippen molar-refractivity contribution in [3.8, 4) is 0 Å². The van der Waals surface area contributed by atoms with Crippen LogP contribution in [-0.4, -0.2) is 50.3 Å². The van der Waals surface area contributed by atoms with E-state index in [0.29, 0.717) is 12.1 Å². The molecule has 0 saturated carbocycles. The molecule has 0 aliphatic carbocycles. The van der Waals surface area contributed by atoms with Gasteiger partial charge in [-0.3, -0.25) is 4.90 Å². The van der Waals surface area contributed by atoms with E-state index in [9.17, 15) is 0 Å². The van der Waals surface area contributed by atoms with Crippen LogP contribution in [0, 0.1) is 0 Å². The van der Waals surface area contributed by atoms with Gasteiger partial charge in [0.15, 0.2) is 0 Å². The van der Waals surface area contributed by atoms with E-state index in [4.69, 9.17) is 4.74 Å². The molecule has 0 unspecified atom stereocenters. The van der Waals surface area contributed by atoms with Gasteiger partial charge in [-0.2, -0.15) is 0 Å². The first-order valence-corrected chi connectivity index (χ1v) is 6.55. The summed E-state index contributed by atoms with van der Waals surface area (Å²) in [5.41, 5.74) is 0. The summed E-state index contributed by atoms with van der Waals surface area (Å²) in [4.78, 5) is 2.52. The molecule has 0 aromatic heterocycles. The summed E-state index contributed by atoms with van der Waals surface area (Å²) in [7, 11) is 1.76. The molecule has 0 aliphatic rings. The monoisotopic (exact) mass is 230 g/mol. The minimum absolute atomic E-state index is 0.635. The van der Waals surface area contributed by atoms with Crippen molar-refractivity contribution < 1.29 is 4.74 Å². The third-order valence-electron chi connectivity index (χ3n) is 2.83. The van der Waals surface area contributed by atoms with E-state index < -0.39 is 0 Å². The lowest BCUT2D eigenvalue weighted by Crippen LogP contribution is -2.41. The molecule has 3 heteroatoms. The van der Waals surface area contributed by atoms with Crippen LogP contribution in [0.25, 0.3) is 0 Å². The van der Waals surface area contributed by atoms with Gasteiger partial charge in [0.25, 0.3) is 0 Å². The van der Waals surface area contributed by atoms with Crippen LogP contribution in [0.2, 0.25) is 0 Å². The smallest absolute Gasteiger partial charge is 0.0462 e. The van der Waals surface area contributed by atoms with E-state index in [1.165, 1.54) is 6.42 Å². The average molecular weight is 230 g/mol. The van der Waals surface area contributed by atoms with Crippen LogP contribution >= 0.6 is 0 Å². The van der Waals surface area contributed by atoms with Gasteiger partial charge >= 0.3 is 0 Å². The number of rotatable bonds is 10. The fourth-order valence-corrected chi connectivity index (χ4v) is 1.94. The largest absolute Gasteiger partial charge is 0.385 e. The highest BCUT2D eigenvalue weighted by molar-refractivity contribution is 4.68. The zero-order valence-electron chi connectivity index (χ0n) is 11.8. The van der Waals surface area contributed by atoms with Gasteiger partial charge in [0.1, 0.15) is 0 Å². The lowest BCUT2D eigenvalue weighted by atomic mass is 10.2. The molecular weight excluding hydrogens is 200 g/mol. The van der Waals surface area contributed by atoms with Crippen LogP contribution < -0.4 is 5.32 Å². The third kappa shape index (κ3) is 8.08. The van der Waals surface area contributed by atoms with Gasteiger partial charge in [-0.05, 0) is 47.1 Å². The molecule has 98 valence electrons. The van der Waals surface area contributed by atoms with Crippen LogP contribution in [0.15, 0.2) is 0 Å². The maximum atomic E-state index is 5.01. The van der Waals surface area contributed by atoms with Gasteiger partial charge in [0.2, 0.25) is 0 Å². The van der Waals surface area contributed by atoms with Crippen LogP contribution in [-0.2, 0) is 4.74 Å². The molecular formula is C13H30N2O. The maximum absolute atomic E-state index is 5.01. The minimum atomic E-state index is 0.635. The molecule has 0 fully saturated rings. The summed E-state index contributed by atoms with van der Waals surface area (Å²) in [6.45, 7) is 13.3. The van der Waals surface area contributed by atoms with Gasteiger partial charge < -0.3 is 10.1 Å². The fraction of sp³-hybridized carbons (Fsp3) is 1.00. The molecule has 0 atom stereocenters. The van der Waals surface area contributed by atoms with Crippen LogP contribution in [0.5, 0.6) is 0 Å². The van der Waals surface area contributed by atoms with Crippen LogP contribution in [0.4, 0.5) is 0 Å². The molecule has 0 saturated heterocycles. The summed E-state index contributed by atoms with van der Waals surface area (Å²) in [5, 5.41) is 3.49. The molecule has 16 heavy (non-hydrogen) atoms. The van der Waals surface area contributed by atoms with Crippen LogP contribution in [0.1, 0.15) is 40.5 Å². The Morgan fingerprint density at radius 2 is 1.62 bits per heavy atom. The summed E-state index contributed by atoms with van der Waals surface area (Å²) >= 11 is 0. The molecule has 0 radical (unpaired) electrons. The molecule has 3 nitrogen and oxygen atoms in total. The van der Waals surface area contributed by atoms with Gasteiger partial charge in [0, 0.05) is 38.9 Å². The zero-order chi connectivity index (χ0) is 12.4. The van der Waals surface area contributed by atoms with Crippen molar-refractivity contribution >= 4 is 0 Å². The predicted molar refractivity (Wildman–Crippen MR) is 71.0 cm³/mol. The first kappa shape index (κ1) is 15.9. The maximum Gasteiger partial charge on any atom is 0.0462 e. The Morgan fingerprint density at radius 1 is 1.00 bits per heavy atom. The summed E-state index contributed by atoms with van der Waals surface area (Å²) in [6.07, 6.45) is 2.36. The van der Waals surface area contributed by atoms with Crippen LogP contribution in [0.3, 0.4) is 0 Å². The van der Waals surface area contributed by atoms with Crippen molar-refractivity contribution in [3.05, 3.63) is 0 Å². The second kappa shape index (κ2) is 10.1. The summed E-state index contributed by atoms with van der Waals surface area (Å²) < 4.78 is 5.01. The zero-order valence-corrected chi connectivity index (χ0v) is 11.8. The number of hydrogen-bond donors (Lipinski definition) is 1. The van der Waals surface area contributed by atoms with E-state index in [1.807, 2.05) is 0 Å². The summed E-state index contributed by atoms with van der Waals surface area (Å²) in [5.74, 6) is 0. The van der Waals surface area contributed by atoms with Gasteiger partial charge in [-0.15, -0.1) is 0 Å². The molecule has 0 heterocycles. The number of methoxy groups -OCH3 is 1. The first-order chi connectivity index (χ1) is 7.59. The normalized spacial score (nSPS) is 12.0. The second-order valence-corrected chi connectivity index (χ2v) is 4.88. The van der Waals surface area contributed by atoms with Gasteiger partial charge in [-0.1, -0.05) is 0 Å². The fourth-order valence-electron chi connectivity index (χ4n) is 1.94. The molecule has 0 rings (SSSR count). The number of unbranched alkanes of at least 4 members (excludes halogenated alkanes) is 1. The Balaban J connectivity index is 3.41. The lowest BCUT2D eigenvalue weighted by Gasteiger charge is -2.30. The minimum Gasteiger partial charge on any atom is -0.385 e. The van der Waals surface area contributed by atoms with E-state index in [-0.39, 0.29) is 0 Å². The molecule has 0 spiro atoms. The average Bonchev–Trinajstić information content (AvgIpc) is 2.21. The highest BCUT2D eigenvalue weighted by atomic mass is 16.5. The highest BCUT2D eigenvalue weighted by Gasteiger charge is 2.11. The van der Waals surface area contributed by atoms with Crippen molar-refractivity contribution in [1.29, 1.82) is 0 Å². The van der Waals surface area contributed by atoms with E-state index >= 15 is 0 Å². The highest BCUT2D eigenvalue weighted by Crippen LogP contribution is 2.03. The van der Waals surface area contributed by atoms with E-state index in [1.54, 1.807) is 7.11 Å². The Morgan fingerprint density at radius 3 is 2.12 bits per heavy atom. The molecule has 0 aromatic rings. The van der Waals surface area contributed by atoms with Crippen molar-refractivity contribution in [3.63, 3.8) is 0 Å². The number of hydrogen-bond acceptors (Lipinski definition) is 3. The van der Waals surface area contributed by atoms with Gasteiger partial charge in [0.05, 0.1) is 0 Å². The third-order valence-corrected chi connectivity index (χ3v) is 2.83. The molecule has 1 N–H and O–H groups in total. The summed E-state index contributed by atoms with van der Waals surface area (Å²) in [6, 6.07) is 1.27. The van der Waals surface area contributed by atoms with Crippen molar-refractivity contribution in [2.24, 2.45) is 0 Å². The number of ether oxygens (including phenoxy) is 1. The molecule has 0 amide bonds. The number of nitrogens with one attached hydrogen (secondary N) is 1. The standard InChI is InChI=1S/C13H30N2O/c1-12(2)15(13(3)4)10-9-14-8-6-7-11-16-5/h12-14H,6-11H2,1-5H3. The van der Waals surface area contributed by atoms with Gasteiger partial charge in [-0.25, -0.2) is 0 Å². The Hall–Kier alpha value is -0.120. The molecule has 0 aliphatic heterocycles. The Labute approximate surface area is 102 Å². The molecule has 0 aromatic carbocycles. The first-order valence-electron chi connectivity index (χ1n) is 6.55. The van der Waals surface area contributed by atoms with E-state index in [2.05, 4.69) is 37.9 Å². The van der Waals surface area contributed by atoms with Crippen molar-refractivity contribution in [2.45, 2.75) is 52.6 Å². The quantitative estimate of drug-likeness (QED) is 0.582. The molecule has 0 bridgehead atoms. The second-order valence-electron chi connectivity index (χ2n) is 4.88. The predicted octanol–water partition coefficient (Wildman–Crippen LogP) is 2.12. The Bertz CT molecular complexity index is 141. The van der Waals surface area contributed by atoms with Crippen molar-refractivity contribution in [1.82, 2.24) is 10.2 Å². The lowest BCUT2D eigenvalue weighted by molar-refractivity contribution is 0.174. The SMILES string of the molecule is COCCCCNCCN(C(C)C)C(C)C.